The zero-order chi connectivity index (χ0) is 34.4. The smallest absolute Gasteiger partial charge is 0.135 e. The summed E-state index contributed by atoms with van der Waals surface area (Å²) in [7, 11) is 0. The first-order valence-corrected chi connectivity index (χ1v) is 17.8. The van der Waals surface area contributed by atoms with E-state index in [1.807, 2.05) is 12.1 Å². The zero-order valence-corrected chi connectivity index (χ0v) is 28.4. The lowest BCUT2D eigenvalue weighted by atomic mass is 9.85. The summed E-state index contributed by atoms with van der Waals surface area (Å²) in [6.45, 7) is 0. The molecule has 0 fully saturated rings. The molecule has 1 heterocycles. The van der Waals surface area contributed by atoms with Crippen LogP contribution in [0.15, 0.2) is 205 Å². The summed E-state index contributed by atoms with van der Waals surface area (Å²) in [5.41, 5.74) is 12.4. The molecule has 2 nitrogen and oxygen atoms in total. The molecule has 0 aliphatic carbocycles. The highest BCUT2D eigenvalue weighted by Crippen LogP contribution is 2.45. The third-order valence-corrected chi connectivity index (χ3v) is 10.3. The molecule has 0 saturated carbocycles. The molecule has 0 N–H and O–H groups in total. The van der Waals surface area contributed by atoms with Gasteiger partial charge in [-0.2, -0.15) is 0 Å². The number of fused-ring (bicyclic) bond motifs is 5. The van der Waals surface area contributed by atoms with Crippen molar-refractivity contribution in [3.05, 3.63) is 200 Å². The molecule has 0 unspecified atom stereocenters. The molecule has 9 aromatic carbocycles. The quantitative estimate of drug-likeness (QED) is 0.165. The first-order chi connectivity index (χ1) is 25.8. The summed E-state index contributed by atoms with van der Waals surface area (Å²) < 4.78 is 6.18. The van der Waals surface area contributed by atoms with Crippen LogP contribution in [-0.4, -0.2) is 0 Å². The van der Waals surface area contributed by atoms with E-state index >= 15 is 0 Å². The van der Waals surface area contributed by atoms with E-state index in [-0.39, 0.29) is 0 Å². The van der Waals surface area contributed by atoms with E-state index in [1.165, 1.54) is 54.9 Å². The first kappa shape index (κ1) is 30.0. The fourth-order valence-corrected chi connectivity index (χ4v) is 7.86. The third kappa shape index (κ3) is 5.04. The number of para-hydroxylation sites is 2. The lowest BCUT2D eigenvalue weighted by Crippen LogP contribution is -2.09. The Labute approximate surface area is 302 Å². The van der Waals surface area contributed by atoms with Crippen molar-refractivity contribution < 1.29 is 4.42 Å². The maximum atomic E-state index is 6.18. The van der Waals surface area contributed by atoms with E-state index in [0.29, 0.717) is 0 Å². The predicted molar refractivity (Wildman–Crippen MR) is 220 cm³/mol. The highest BCUT2D eigenvalue weighted by molar-refractivity contribution is 6.21. The summed E-state index contributed by atoms with van der Waals surface area (Å²) in [6, 6.07) is 71.7. The van der Waals surface area contributed by atoms with Gasteiger partial charge in [-0.05, 0) is 103 Å². The van der Waals surface area contributed by atoms with Crippen molar-refractivity contribution in [2.45, 2.75) is 0 Å². The molecular weight excluding hydrogens is 631 g/mol. The van der Waals surface area contributed by atoms with Crippen LogP contribution in [0.5, 0.6) is 0 Å². The Morgan fingerprint density at radius 1 is 0.269 bits per heavy atom. The SMILES string of the molecule is c1ccc(-c2ccc(-c3c4ccccc4c(-c4ccc(N(c5ccccc5)c5ccc6oc7ccccc7c6c5)cc4)c4ccccc34)cc2)cc1. The van der Waals surface area contributed by atoms with Crippen LogP contribution in [0.2, 0.25) is 0 Å². The van der Waals surface area contributed by atoms with Crippen LogP contribution in [0.3, 0.4) is 0 Å². The standard InChI is InChI=1S/C50H33NO/c1-3-13-34(14-4-1)35-23-25-36(26-24-35)49-42-18-7-9-20-44(42)50(45-21-10-8-19-43(45)49)37-27-29-39(30-28-37)51(38-15-5-2-6-16-38)40-31-32-48-46(33-40)41-17-11-12-22-47(41)52-48/h1-33H. The normalized spacial score (nSPS) is 11.5. The van der Waals surface area contributed by atoms with Crippen LogP contribution in [0, 0.1) is 0 Å². The number of benzene rings is 9. The van der Waals surface area contributed by atoms with E-state index in [1.54, 1.807) is 0 Å². The maximum Gasteiger partial charge on any atom is 0.135 e. The van der Waals surface area contributed by atoms with Crippen LogP contribution in [0.25, 0.3) is 76.9 Å². The highest BCUT2D eigenvalue weighted by Gasteiger charge is 2.19. The van der Waals surface area contributed by atoms with Crippen molar-refractivity contribution in [3.63, 3.8) is 0 Å². The van der Waals surface area contributed by atoms with E-state index in [2.05, 4.69) is 193 Å². The molecule has 0 amide bonds. The second-order valence-corrected chi connectivity index (χ2v) is 13.3. The van der Waals surface area contributed by atoms with Gasteiger partial charge in [0.2, 0.25) is 0 Å². The lowest BCUT2D eigenvalue weighted by molar-refractivity contribution is 0.669. The van der Waals surface area contributed by atoms with Crippen molar-refractivity contribution in [2.24, 2.45) is 0 Å². The summed E-state index contributed by atoms with van der Waals surface area (Å²) in [6.07, 6.45) is 0. The van der Waals surface area contributed by atoms with E-state index < -0.39 is 0 Å². The fraction of sp³-hybridized carbons (Fsp3) is 0. The summed E-state index contributed by atoms with van der Waals surface area (Å²) in [4.78, 5) is 2.32. The molecular formula is C50H33NO. The zero-order valence-electron chi connectivity index (χ0n) is 28.4. The molecule has 244 valence electrons. The van der Waals surface area contributed by atoms with Crippen molar-refractivity contribution >= 4 is 60.5 Å². The average molecular weight is 664 g/mol. The molecule has 10 aromatic rings. The summed E-state index contributed by atoms with van der Waals surface area (Å²) in [5, 5.41) is 7.22. The molecule has 0 radical (unpaired) electrons. The Morgan fingerprint density at radius 3 is 1.27 bits per heavy atom. The van der Waals surface area contributed by atoms with Gasteiger partial charge in [0.15, 0.2) is 0 Å². The molecule has 0 atom stereocenters. The molecule has 0 aliphatic rings. The number of hydrogen-bond donors (Lipinski definition) is 0. The number of nitrogens with zero attached hydrogens (tertiary/aromatic N) is 1. The molecule has 1 aromatic heterocycles. The van der Waals surface area contributed by atoms with Gasteiger partial charge in [0.05, 0.1) is 0 Å². The van der Waals surface area contributed by atoms with Crippen LogP contribution in [-0.2, 0) is 0 Å². The second kappa shape index (κ2) is 12.5. The molecule has 0 aliphatic heterocycles. The van der Waals surface area contributed by atoms with Gasteiger partial charge in [-0.15, -0.1) is 0 Å². The van der Waals surface area contributed by atoms with E-state index in [9.17, 15) is 0 Å². The topological polar surface area (TPSA) is 16.4 Å². The molecule has 2 heteroatoms. The monoisotopic (exact) mass is 663 g/mol. The summed E-state index contributed by atoms with van der Waals surface area (Å²) >= 11 is 0. The van der Waals surface area contributed by atoms with E-state index in [4.69, 9.17) is 4.42 Å². The Kier molecular flexibility index (Phi) is 7.18. The molecule has 0 spiro atoms. The van der Waals surface area contributed by atoms with E-state index in [0.717, 1.165) is 39.0 Å². The number of hydrogen-bond acceptors (Lipinski definition) is 2. The van der Waals surface area contributed by atoms with Gasteiger partial charge in [-0.1, -0.05) is 152 Å². The molecule has 0 saturated heterocycles. The molecule has 10 rings (SSSR count). The van der Waals surface area contributed by atoms with Gasteiger partial charge in [-0.3, -0.25) is 0 Å². The Morgan fingerprint density at radius 2 is 0.673 bits per heavy atom. The first-order valence-electron chi connectivity index (χ1n) is 17.8. The Bertz CT molecular complexity index is 2810. The number of rotatable bonds is 6. The fourth-order valence-electron chi connectivity index (χ4n) is 7.86. The highest BCUT2D eigenvalue weighted by atomic mass is 16.3. The minimum absolute atomic E-state index is 0.891. The van der Waals surface area contributed by atoms with Crippen LogP contribution >= 0.6 is 0 Å². The van der Waals surface area contributed by atoms with Crippen LogP contribution in [0.4, 0.5) is 17.1 Å². The number of furan rings is 1. The Balaban J connectivity index is 1.11. The van der Waals surface area contributed by atoms with Crippen molar-refractivity contribution in [1.82, 2.24) is 0 Å². The lowest BCUT2D eigenvalue weighted by Gasteiger charge is -2.26. The van der Waals surface area contributed by atoms with Gasteiger partial charge < -0.3 is 9.32 Å². The van der Waals surface area contributed by atoms with Gasteiger partial charge in [0.25, 0.3) is 0 Å². The van der Waals surface area contributed by atoms with Gasteiger partial charge in [0, 0.05) is 27.8 Å². The largest absolute Gasteiger partial charge is 0.456 e. The summed E-state index contributed by atoms with van der Waals surface area (Å²) in [5.74, 6) is 0. The average Bonchev–Trinajstić information content (AvgIpc) is 3.59. The third-order valence-electron chi connectivity index (χ3n) is 10.3. The predicted octanol–water partition coefficient (Wildman–Crippen LogP) is 14.4. The molecule has 52 heavy (non-hydrogen) atoms. The van der Waals surface area contributed by atoms with Crippen molar-refractivity contribution in [3.8, 4) is 33.4 Å². The minimum atomic E-state index is 0.891. The van der Waals surface area contributed by atoms with Crippen LogP contribution in [0.1, 0.15) is 0 Å². The second-order valence-electron chi connectivity index (χ2n) is 13.3. The van der Waals surface area contributed by atoms with Gasteiger partial charge >= 0.3 is 0 Å². The van der Waals surface area contributed by atoms with Gasteiger partial charge in [-0.25, -0.2) is 0 Å². The van der Waals surface area contributed by atoms with Crippen LogP contribution < -0.4 is 4.90 Å². The number of anilines is 3. The van der Waals surface area contributed by atoms with Gasteiger partial charge in [0.1, 0.15) is 11.2 Å². The molecule has 0 bridgehead atoms. The van der Waals surface area contributed by atoms with Crippen molar-refractivity contribution in [1.29, 1.82) is 0 Å². The Hall–Kier alpha value is -6.90. The minimum Gasteiger partial charge on any atom is -0.456 e. The van der Waals surface area contributed by atoms with Crippen molar-refractivity contribution in [2.75, 3.05) is 4.90 Å². The maximum absolute atomic E-state index is 6.18.